The highest BCUT2D eigenvalue weighted by molar-refractivity contribution is 5.92. The average Bonchev–Trinajstić information content (AvgIpc) is 3.34. The van der Waals surface area contributed by atoms with Crippen molar-refractivity contribution in [1.82, 2.24) is 24.5 Å². The zero-order valence-electron chi connectivity index (χ0n) is 17.5. The first-order valence-corrected chi connectivity index (χ1v) is 10.1. The third kappa shape index (κ3) is 4.02. The van der Waals surface area contributed by atoms with E-state index in [0.29, 0.717) is 18.8 Å². The minimum atomic E-state index is -0.307. The topological polar surface area (TPSA) is 73.7 Å². The lowest BCUT2D eigenvalue weighted by atomic mass is 9.89. The van der Waals surface area contributed by atoms with Gasteiger partial charge >= 0.3 is 6.03 Å². The van der Waals surface area contributed by atoms with Crippen LogP contribution in [0.4, 0.5) is 14.9 Å². The number of amides is 3. The summed E-state index contributed by atoms with van der Waals surface area (Å²) in [7, 11) is 5.26. The second-order valence-corrected chi connectivity index (χ2v) is 8.40. The number of rotatable bonds is 4. The number of halogens is 1. The molecule has 2 aromatic rings. The molecule has 0 radical (unpaired) electrons. The van der Waals surface area contributed by atoms with E-state index in [-0.39, 0.29) is 42.2 Å². The summed E-state index contributed by atoms with van der Waals surface area (Å²) in [5.41, 5.74) is 1.47. The number of fused-ring (bicyclic) bond motifs is 1. The Bertz CT molecular complexity index is 945. The predicted octanol–water partition coefficient (Wildman–Crippen LogP) is 1.78. The summed E-state index contributed by atoms with van der Waals surface area (Å²) < 4.78 is 15.6. The maximum absolute atomic E-state index is 13.9. The highest BCUT2D eigenvalue weighted by atomic mass is 19.1. The van der Waals surface area contributed by atoms with Crippen molar-refractivity contribution in [1.29, 1.82) is 0 Å². The maximum Gasteiger partial charge on any atom is 0.320 e. The summed E-state index contributed by atoms with van der Waals surface area (Å²) in [6, 6.07) is 6.22. The van der Waals surface area contributed by atoms with Gasteiger partial charge in [0.2, 0.25) is 5.91 Å². The van der Waals surface area contributed by atoms with Gasteiger partial charge in [-0.3, -0.25) is 14.4 Å². The van der Waals surface area contributed by atoms with Crippen LogP contribution in [0.1, 0.15) is 11.6 Å². The number of anilines is 1. The molecule has 30 heavy (non-hydrogen) atoms. The number of carbonyl (C=O) groups excluding carboxylic acids is 2. The molecule has 9 heteroatoms. The molecule has 3 atom stereocenters. The van der Waals surface area contributed by atoms with Crippen molar-refractivity contribution in [3.63, 3.8) is 0 Å². The minimum Gasteiger partial charge on any atom is -0.331 e. The van der Waals surface area contributed by atoms with Gasteiger partial charge in [-0.1, -0.05) is 12.1 Å². The Kier molecular flexibility index (Phi) is 5.46. The predicted molar refractivity (Wildman–Crippen MR) is 110 cm³/mol. The van der Waals surface area contributed by atoms with Crippen LogP contribution in [0.5, 0.6) is 0 Å². The Morgan fingerprint density at radius 2 is 2.07 bits per heavy atom. The normalized spacial score (nSPS) is 23.5. The fourth-order valence-corrected chi connectivity index (χ4v) is 4.73. The molecule has 1 aromatic carbocycles. The molecule has 3 heterocycles. The Morgan fingerprint density at radius 1 is 1.27 bits per heavy atom. The molecule has 2 aliphatic rings. The molecule has 8 nitrogen and oxygen atoms in total. The molecule has 0 spiro atoms. The maximum atomic E-state index is 13.9. The Labute approximate surface area is 175 Å². The van der Waals surface area contributed by atoms with Crippen molar-refractivity contribution in [2.45, 2.75) is 6.04 Å². The van der Waals surface area contributed by atoms with Crippen LogP contribution >= 0.6 is 0 Å². The van der Waals surface area contributed by atoms with Crippen LogP contribution < -0.4 is 5.32 Å². The number of nitrogens with zero attached hydrogens (tertiary/aromatic N) is 5. The molecular formula is C21H27FN6O2. The highest BCUT2D eigenvalue weighted by Gasteiger charge is 2.49. The van der Waals surface area contributed by atoms with E-state index >= 15 is 0 Å². The largest absolute Gasteiger partial charge is 0.331 e. The lowest BCUT2D eigenvalue weighted by molar-refractivity contribution is -0.117. The highest BCUT2D eigenvalue weighted by Crippen LogP contribution is 2.45. The smallest absolute Gasteiger partial charge is 0.320 e. The molecule has 4 rings (SSSR count). The lowest BCUT2D eigenvalue weighted by Gasteiger charge is -2.31. The van der Waals surface area contributed by atoms with E-state index in [0.717, 1.165) is 12.1 Å². The van der Waals surface area contributed by atoms with Crippen molar-refractivity contribution in [2.75, 3.05) is 45.6 Å². The molecule has 2 saturated heterocycles. The molecule has 0 unspecified atom stereocenters. The van der Waals surface area contributed by atoms with Crippen LogP contribution in [0.25, 0.3) is 0 Å². The zero-order chi connectivity index (χ0) is 21.4. The third-order valence-corrected chi connectivity index (χ3v) is 5.91. The van der Waals surface area contributed by atoms with Gasteiger partial charge < -0.3 is 15.1 Å². The van der Waals surface area contributed by atoms with E-state index in [1.165, 1.54) is 12.1 Å². The van der Waals surface area contributed by atoms with Crippen LogP contribution in [-0.4, -0.2) is 76.7 Å². The second kappa shape index (κ2) is 8.06. The van der Waals surface area contributed by atoms with Gasteiger partial charge in [0.05, 0.1) is 24.5 Å². The van der Waals surface area contributed by atoms with Crippen LogP contribution in [-0.2, 0) is 11.8 Å². The molecule has 0 bridgehead atoms. The summed E-state index contributed by atoms with van der Waals surface area (Å²) in [6.07, 6.45) is 3.36. The first-order valence-electron chi connectivity index (χ1n) is 10.1. The first-order chi connectivity index (χ1) is 14.3. The van der Waals surface area contributed by atoms with Gasteiger partial charge in [-0.25, -0.2) is 9.18 Å². The molecular weight excluding hydrogens is 387 g/mol. The Hall–Kier alpha value is -2.94. The second-order valence-electron chi connectivity index (χ2n) is 8.40. The number of hydrogen-bond donors (Lipinski definition) is 1. The molecule has 3 amide bonds. The quantitative estimate of drug-likeness (QED) is 0.828. The van der Waals surface area contributed by atoms with Gasteiger partial charge in [-0.2, -0.15) is 5.10 Å². The van der Waals surface area contributed by atoms with Gasteiger partial charge in [-0.05, 0) is 23.6 Å². The molecule has 1 N–H and O–H groups in total. The summed E-state index contributed by atoms with van der Waals surface area (Å²) in [4.78, 5) is 30.7. The van der Waals surface area contributed by atoms with Crippen LogP contribution in [0.3, 0.4) is 0 Å². The number of aromatic nitrogens is 2. The number of hydrogen-bond acceptors (Lipinski definition) is 4. The summed E-state index contributed by atoms with van der Waals surface area (Å²) in [5, 5.41) is 6.92. The molecule has 2 aliphatic heterocycles. The van der Waals surface area contributed by atoms with E-state index in [1.807, 2.05) is 11.0 Å². The third-order valence-electron chi connectivity index (χ3n) is 5.91. The van der Waals surface area contributed by atoms with Gasteiger partial charge in [0.15, 0.2) is 0 Å². The number of likely N-dealkylation sites (tertiary alicyclic amines) is 2. The lowest BCUT2D eigenvalue weighted by Crippen LogP contribution is -2.42. The van der Waals surface area contributed by atoms with Gasteiger partial charge in [0.25, 0.3) is 0 Å². The van der Waals surface area contributed by atoms with E-state index in [2.05, 4.69) is 15.3 Å². The summed E-state index contributed by atoms with van der Waals surface area (Å²) in [5.74, 6) is 0.000609. The molecule has 2 fully saturated rings. The Morgan fingerprint density at radius 3 is 2.73 bits per heavy atom. The molecule has 0 aliphatic carbocycles. The number of carbonyl (C=O) groups is 2. The van der Waals surface area contributed by atoms with Gasteiger partial charge in [-0.15, -0.1) is 0 Å². The zero-order valence-corrected chi connectivity index (χ0v) is 17.5. The van der Waals surface area contributed by atoms with Crippen LogP contribution in [0, 0.1) is 17.7 Å². The summed E-state index contributed by atoms with van der Waals surface area (Å²) >= 11 is 0. The SMILES string of the molecule is CN(C)C(=O)N1C[C@H]2CN(CC(=O)Nc3cnn(C)c3)C[C@H]2[C@@H]1c1cccc(F)c1. The average molecular weight is 414 g/mol. The molecule has 160 valence electrons. The number of nitrogens with one attached hydrogen (secondary N) is 1. The fourth-order valence-electron chi connectivity index (χ4n) is 4.73. The molecule has 1 aromatic heterocycles. The van der Waals surface area contributed by atoms with Crippen molar-refractivity contribution >= 4 is 17.6 Å². The fraction of sp³-hybridized carbons (Fsp3) is 0.476. The monoisotopic (exact) mass is 414 g/mol. The van der Waals surface area contributed by atoms with Crippen molar-refractivity contribution < 1.29 is 14.0 Å². The summed E-state index contributed by atoms with van der Waals surface area (Å²) in [6.45, 7) is 2.29. The first kappa shape index (κ1) is 20.3. The van der Waals surface area contributed by atoms with E-state index in [9.17, 15) is 14.0 Å². The number of urea groups is 1. The van der Waals surface area contributed by atoms with Gasteiger partial charge in [0, 0.05) is 52.9 Å². The van der Waals surface area contributed by atoms with E-state index in [4.69, 9.17) is 0 Å². The van der Waals surface area contributed by atoms with E-state index < -0.39 is 0 Å². The minimum absolute atomic E-state index is 0.0699. The van der Waals surface area contributed by atoms with Crippen LogP contribution in [0.2, 0.25) is 0 Å². The van der Waals surface area contributed by atoms with Crippen LogP contribution in [0.15, 0.2) is 36.7 Å². The standard InChI is InChI=1S/C21H27FN6O2/c1-25(2)21(30)28-10-15-9-27(13-19(29)24-17-8-23-26(3)11-17)12-18(15)20(28)14-5-4-6-16(22)7-14/h4-8,11,15,18,20H,9-10,12-13H2,1-3H3,(H,24,29)/t15-,18-,20+/m1/s1. The van der Waals surface area contributed by atoms with Crippen molar-refractivity contribution in [2.24, 2.45) is 18.9 Å². The number of aryl methyl sites for hydroxylation is 1. The van der Waals surface area contributed by atoms with Gasteiger partial charge in [0.1, 0.15) is 5.82 Å². The molecule has 0 saturated carbocycles. The van der Waals surface area contributed by atoms with E-state index in [1.54, 1.807) is 49.2 Å². The Balaban J connectivity index is 1.48. The van der Waals surface area contributed by atoms with Crippen molar-refractivity contribution in [3.8, 4) is 0 Å². The van der Waals surface area contributed by atoms with Crippen molar-refractivity contribution in [3.05, 3.63) is 48.0 Å². The number of benzene rings is 1.